The molecule has 0 bridgehead atoms. The van der Waals surface area contributed by atoms with Gasteiger partial charge in [0.25, 0.3) is 0 Å². The molecule has 1 aromatic carbocycles. The Hall–Kier alpha value is -4.67. The first-order chi connectivity index (χ1) is 18.0. The van der Waals surface area contributed by atoms with Crippen LogP contribution in [0.3, 0.4) is 0 Å². The van der Waals surface area contributed by atoms with Crippen molar-refractivity contribution in [3.8, 4) is 28.0 Å². The van der Waals surface area contributed by atoms with E-state index in [1.165, 1.54) is 12.1 Å². The molecule has 38 heavy (non-hydrogen) atoms. The molecule has 0 saturated heterocycles. The zero-order valence-electron chi connectivity index (χ0n) is 20.4. The van der Waals surface area contributed by atoms with Crippen molar-refractivity contribution in [3.05, 3.63) is 83.8 Å². The molecule has 11 heteroatoms. The summed E-state index contributed by atoms with van der Waals surface area (Å²) in [4.78, 5) is 20.6. The van der Waals surface area contributed by atoms with Crippen LogP contribution in [0.5, 0.6) is 5.75 Å². The average Bonchev–Trinajstić information content (AvgIpc) is 3.42. The third kappa shape index (κ3) is 4.58. The van der Waals surface area contributed by atoms with Gasteiger partial charge in [0.05, 0.1) is 23.0 Å². The molecule has 0 aliphatic carbocycles. The molecule has 0 aliphatic rings. The molecule has 1 N–H and O–H groups in total. The van der Waals surface area contributed by atoms with Crippen LogP contribution >= 0.6 is 0 Å². The molecular formula is C27H21F3N4O4. The fourth-order valence-electron chi connectivity index (χ4n) is 4.53. The van der Waals surface area contributed by atoms with Gasteiger partial charge >= 0.3 is 12.3 Å². The zero-order valence-corrected chi connectivity index (χ0v) is 20.4. The Morgan fingerprint density at radius 2 is 1.89 bits per heavy atom. The van der Waals surface area contributed by atoms with E-state index in [1.807, 2.05) is 23.6 Å². The lowest BCUT2D eigenvalue weighted by molar-refractivity contribution is -0.274. The minimum Gasteiger partial charge on any atom is -0.478 e. The first-order valence-electron chi connectivity index (χ1n) is 11.5. The van der Waals surface area contributed by atoms with Crippen LogP contribution in [0.1, 0.15) is 40.5 Å². The van der Waals surface area contributed by atoms with Gasteiger partial charge in [-0.15, -0.1) is 13.2 Å². The molecule has 5 rings (SSSR count). The normalized spacial score (nSPS) is 12.6. The number of ether oxygens (including phenoxy) is 1. The third-order valence-corrected chi connectivity index (χ3v) is 6.27. The molecule has 0 aliphatic heterocycles. The number of hydrogen-bond acceptors (Lipinski definition) is 6. The lowest BCUT2D eigenvalue weighted by Gasteiger charge is -2.14. The maximum Gasteiger partial charge on any atom is 0.573 e. The number of pyridine rings is 2. The number of aryl methyl sites for hydroxylation is 2. The number of hydrogen-bond donors (Lipinski definition) is 1. The molecule has 0 amide bonds. The molecule has 0 radical (unpaired) electrons. The molecule has 0 fully saturated rings. The summed E-state index contributed by atoms with van der Waals surface area (Å²) in [7, 11) is 0. The van der Waals surface area contributed by atoms with Gasteiger partial charge in [-0.3, -0.25) is 4.98 Å². The highest BCUT2D eigenvalue weighted by atomic mass is 19.4. The SMILES string of the molecule is Cc1noc(C)c1-c1cnc2c(c1)c(-c1ccc(C(=O)O)cc1OC(F)(F)F)cn2[C@@H](C)c1ccccn1. The number of benzene rings is 1. The molecule has 4 aromatic heterocycles. The quantitative estimate of drug-likeness (QED) is 0.269. The van der Waals surface area contributed by atoms with Crippen molar-refractivity contribution >= 4 is 17.0 Å². The van der Waals surface area contributed by atoms with Gasteiger partial charge in [0.15, 0.2) is 0 Å². The van der Waals surface area contributed by atoms with Crippen LogP contribution in [0.4, 0.5) is 13.2 Å². The van der Waals surface area contributed by atoms with Gasteiger partial charge in [0.1, 0.15) is 17.2 Å². The first-order valence-corrected chi connectivity index (χ1v) is 11.5. The van der Waals surface area contributed by atoms with Gasteiger partial charge in [-0.25, -0.2) is 9.78 Å². The molecule has 0 spiro atoms. The van der Waals surface area contributed by atoms with Crippen LogP contribution < -0.4 is 4.74 Å². The summed E-state index contributed by atoms with van der Waals surface area (Å²) < 4.78 is 51.5. The Morgan fingerprint density at radius 3 is 2.53 bits per heavy atom. The van der Waals surface area contributed by atoms with Crippen molar-refractivity contribution in [2.45, 2.75) is 33.2 Å². The second-order valence-corrected chi connectivity index (χ2v) is 8.74. The maximum atomic E-state index is 13.4. The van der Waals surface area contributed by atoms with Gasteiger partial charge in [0.2, 0.25) is 0 Å². The minimum absolute atomic E-state index is 0.0574. The number of alkyl halides is 3. The molecule has 194 valence electrons. The van der Waals surface area contributed by atoms with Gasteiger partial charge in [-0.2, -0.15) is 0 Å². The van der Waals surface area contributed by atoms with Crippen molar-refractivity contribution in [1.82, 2.24) is 19.7 Å². The minimum atomic E-state index is -5.04. The topological polar surface area (TPSA) is 103 Å². The van der Waals surface area contributed by atoms with Crippen molar-refractivity contribution < 1.29 is 32.3 Å². The lowest BCUT2D eigenvalue weighted by atomic mass is 10.00. The van der Waals surface area contributed by atoms with Gasteiger partial charge in [-0.1, -0.05) is 11.2 Å². The van der Waals surface area contributed by atoms with Gasteiger partial charge < -0.3 is 18.9 Å². The number of carboxylic acids is 1. The van der Waals surface area contributed by atoms with Crippen LogP contribution in [-0.4, -0.2) is 37.1 Å². The van der Waals surface area contributed by atoms with Crippen LogP contribution in [0, 0.1) is 13.8 Å². The number of fused-ring (bicyclic) bond motifs is 1. The number of carbonyl (C=O) groups is 1. The van der Waals surface area contributed by atoms with E-state index in [0.29, 0.717) is 33.6 Å². The molecule has 8 nitrogen and oxygen atoms in total. The summed E-state index contributed by atoms with van der Waals surface area (Å²) in [6.45, 7) is 5.44. The number of aromatic nitrogens is 4. The molecule has 1 atom stereocenters. The second kappa shape index (κ2) is 9.33. The smallest absolute Gasteiger partial charge is 0.478 e. The van der Waals surface area contributed by atoms with Crippen LogP contribution in [-0.2, 0) is 0 Å². The van der Waals surface area contributed by atoms with Crippen LogP contribution in [0.2, 0.25) is 0 Å². The Morgan fingerprint density at radius 1 is 1.11 bits per heavy atom. The Kier molecular flexibility index (Phi) is 6.14. The highest BCUT2D eigenvalue weighted by Gasteiger charge is 2.33. The average molecular weight is 522 g/mol. The van der Waals surface area contributed by atoms with E-state index >= 15 is 0 Å². The standard InChI is InChI=1S/C27H21F3N4O4/c1-14-24(16(3)38-33-14)18-10-20-21(19-8-7-17(26(35)36)11-23(19)37-27(28,29)30)13-34(25(20)32-12-18)15(2)22-6-4-5-9-31-22/h4-13,15H,1-3H3,(H,35,36)/t15-/m0/s1. The number of nitrogens with zero attached hydrogens (tertiary/aromatic N) is 4. The first kappa shape index (κ1) is 25.0. The summed E-state index contributed by atoms with van der Waals surface area (Å²) in [6.07, 6.45) is -0.0546. The van der Waals surface area contributed by atoms with Crippen molar-refractivity contribution in [3.63, 3.8) is 0 Å². The van der Waals surface area contributed by atoms with E-state index in [9.17, 15) is 23.1 Å². The van der Waals surface area contributed by atoms with Gasteiger partial charge in [-0.05, 0) is 57.2 Å². The summed E-state index contributed by atoms with van der Waals surface area (Å²) in [5, 5.41) is 13.9. The van der Waals surface area contributed by atoms with Crippen LogP contribution in [0.15, 0.2) is 65.6 Å². The summed E-state index contributed by atoms with van der Waals surface area (Å²) in [6, 6.07) is 10.3. The van der Waals surface area contributed by atoms with E-state index in [2.05, 4.69) is 19.9 Å². The van der Waals surface area contributed by atoms with Crippen molar-refractivity contribution in [2.75, 3.05) is 0 Å². The molecule has 4 heterocycles. The number of aromatic carboxylic acids is 1. The maximum absolute atomic E-state index is 13.4. The van der Waals surface area contributed by atoms with E-state index in [4.69, 9.17) is 4.52 Å². The molecule has 0 saturated carbocycles. The Balaban J connectivity index is 1.79. The molecule has 5 aromatic rings. The van der Waals surface area contributed by atoms with Crippen LogP contribution in [0.25, 0.3) is 33.3 Å². The summed E-state index contributed by atoms with van der Waals surface area (Å²) in [5.41, 5.74) is 3.34. The second-order valence-electron chi connectivity index (χ2n) is 8.74. The Bertz CT molecular complexity index is 1640. The van der Waals surface area contributed by atoms with Gasteiger partial charge in [0, 0.05) is 46.2 Å². The number of carboxylic acid groups (broad SMARTS) is 1. The fraction of sp³-hybridized carbons (Fsp3) is 0.185. The predicted octanol–water partition coefficient (Wildman–Crippen LogP) is 6.58. The van der Waals surface area contributed by atoms with E-state index in [-0.39, 0.29) is 17.2 Å². The largest absolute Gasteiger partial charge is 0.573 e. The predicted molar refractivity (Wildman–Crippen MR) is 132 cm³/mol. The van der Waals surface area contributed by atoms with E-state index < -0.39 is 18.1 Å². The zero-order chi connectivity index (χ0) is 27.2. The van der Waals surface area contributed by atoms with Crippen molar-refractivity contribution in [1.29, 1.82) is 0 Å². The van der Waals surface area contributed by atoms with E-state index in [0.717, 1.165) is 17.3 Å². The lowest BCUT2D eigenvalue weighted by Crippen LogP contribution is -2.18. The highest BCUT2D eigenvalue weighted by molar-refractivity contribution is 5.99. The van der Waals surface area contributed by atoms with E-state index in [1.54, 1.807) is 44.6 Å². The highest BCUT2D eigenvalue weighted by Crippen LogP contribution is 2.41. The summed E-state index contributed by atoms with van der Waals surface area (Å²) >= 11 is 0. The third-order valence-electron chi connectivity index (χ3n) is 6.27. The number of halogens is 3. The number of rotatable bonds is 6. The molecular weight excluding hydrogens is 501 g/mol. The van der Waals surface area contributed by atoms with Crippen molar-refractivity contribution in [2.24, 2.45) is 0 Å². The summed E-state index contributed by atoms with van der Waals surface area (Å²) in [5.74, 6) is -1.44. The monoisotopic (exact) mass is 522 g/mol. The Labute approximate surface area is 214 Å². The molecule has 0 unspecified atom stereocenters. The fourth-order valence-corrected chi connectivity index (χ4v) is 4.53.